The third-order valence-electron chi connectivity index (χ3n) is 3.22. The maximum absolute atomic E-state index is 5.78. The number of ether oxygens (including phenoxy) is 1. The largest absolute Gasteiger partial charge is 0.496 e. The summed E-state index contributed by atoms with van der Waals surface area (Å²) in [7, 11) is 3.61. The Kier molecular flexibility index (Phi) is 3.90. The lowest BCUT2D eigenvalue weighted by atomic mass is 9.98. The summed E-state index contributed by atoms with van der Waals surface area (Å²) in [5, 5.41) is 4.54. The van der Waals surface area contributed by atoms with Gasteiger partial charge < -0.3 is 10.5 Å². The summed E-state index contributed by atoms with van der Waals surface area (Å²) in [4.78, 5) is 0. The maximum Gasteiger partial charge on any atom is 0.123 e. The Morgan fingerprint density at radius 1 is 1.37 bits per heavy atom. The molecule has 1 heterocycles. The molecule has 0 fully saturated rings. The molecule has 0 amide bonds. The zero-order valence-corrected chi connectivity index (χ0v) is 12.0. The summed E-state index contributed by atoms with van der Waals surface area (Å²) in [6.45, 7) is 4.77. The van der Waals surface area contributed by atoms with E-state index < -0.39 is 0 Å². The van der Waals surface area contributed by atoms with Crippen LogP contribution in [0.1, 0.15) is 31.0 Å². The van der Waals surface area contributed by atoms with Gasteiger partial charge in [-0.1, -0.05) is 19.9 Å². The first-order valence-corrected chi connectivity index (χ1v) is 6.47. The van der Waals surface area contributed by atoms with E-state index in [1.807, 2.05) is 17.8 Å². The molecule has 1 aromatic carbocycles. The lowest BCUT2D eigenvalue weighted by Gasteiger charge is -2.10. The highest BCUT2D eigenvalue weighted by atomic mass is 16.5. The predicted molar refractivity (Wildman–Crippen MR) is 77.2 cm³/mol. The second-order valence-corrected chi connectivity index (χ2v) is 4.99. The first-order chi connectivity index (χ1) is 9.06. The van der Waals surface area contributed by atoms with Crippen LogP contribution in [0.25, 0.3) is 11.1 Å². The van der Waals surface area contributed by atoms with E-state index in [9.17, 15) is 0 Å². The molecule has 1 aromatic heterocycles. The number of aryl methyl sites for hydroxylation is 1. The van der Waals surface area contributed by atoms with Crippen molar-refractivity contribution in [3.05, 3.63) is 35.7 Å². The average Bonchev–Trinajstić information content (AvgIpc) is 2.80. The number of methoxy groups -OCH3 is 1. The average molecular weight is 259 g/mol. The van der Waals surface area contributed by atoms with Gasteiger partial charge in [-0.25, -0.2) is 0 Å². The van der Waals surface area contributed by atoms with Crippen LogP contribution < -0.4 is 10.5 Å². The van der Waals surface area contributed by atoms with Gasteiger partial charge in [-0.05, 0) is 23.6 Å². The molecule has 19 heavy (non-hydrogen) atoms. The third kappa shape index (κ3) is 2.63. The SMILES string of the molecule is COc1ccc(-c2cn(C)nc2C(C)C)cc1CN. The number of aromatic nitrogens is 2. The second kappa shape index (κ2) is 5.45. The molecule has 0 saturated carbocycles. The van der Waals surface area contributed by atoms with Crippen LogP contribution >= 0.6 is 0 Å². The van der Waals surface area contributed by atoms with E-state index in [0.717, 1.165) is 28.1 Å². The zero-order chi connectivity index (χ0) is 14.0. The Hall–Kier alpha value is -1.81. The van der Waals surface area contributed by atoms with Crippen molar-refractivity contribution in [1.29, 1.82) is 0 Å². The molecule has 0 aliphatic carbocycles. The number of benzene rings is 1. The van der Waals surface area contributed by atoms with Crippen molar-refractivity contribution in [3.63, 3.8) is 0 Å². The van der Waals surface area contributed by atoms with E-state index in [2.05, 4.69) is 37.3 Å². The van der Waals surface area contributed by atoms with E-state index in [-0.39, 0.29) is 0 Å². The van der Waals surface area contributed by atoms with Crippen LogP contribution in [-0.2, 0) is 13.6 Å². The van der Waals surface area contributed by atoms with Gasteiger partial charge in [0.15, 0.2) is 0 Å². The van der Waals surface area contributed by atoms with Crippen molar-refractivity contribution < 1.29 is 4.74 Å². The van der Waals surface area contributed by atoms with Crippen LogP contribution in [-0.4, -0.2) is 16.9 Å². The summed E-state index contributed by atoms with van der Waals surface area (Å²) in [6.07, 6.45) is 2.05. The van der Waals surface area contributed by atoms with Gasteiger partial charge in [0.25, 0.3) is 0 Å². The van der Waals surface area contributed by atoms with Crippen molar-refractivity contribution in [2.24, 2.45) is 12.8 Å². The Morgan fingerprint density at radius 3 is 2.68 bits per heavy atom. The highest BCUT2D eigenvalue weighted by Gasteiger charge is 2.14. The van der Waals surface area contributed by atoms with Crippen molar-refractivity contribution in [3.8, 4) is 16.9 Å². The summed E-state index contributed by atoms with van der Waals surface area (Å²) in [6, 6.07) is 6.11. The number of nitrogens with two attached hydrogens (primary N) is 1. The minimum atomic E-state index is 0.389. The summed E-state index contributed by atoms with van der Waals surface area (Å²) < 4.78 is 7.17. The number of rotatable bonds is 4. The molecule has 0 unspecified atom stereocenters. The van der Waals surface area contributed by atoms with Crippen molar-refractivity contribution in [1.82, 2.24) is 9.78 Å². The molecule has 0 aliphatic rings. The summed E-state index contributed by atoms with van der Waals surface area (Å²) >= 11 is 0. The van der Waals surface area contributed by atoms with Crippen LogP contribution in [0.4, 0.5) is 0 Å². The van der Waals surface area contributed by atoms with Gasteiger partial charge in [0.1, 0.15) is 5.75 Å². The van der Waals surface area contributed by atoms with Gasteiger partial charge in [-0.3, -0.25) is 4.68 Å². The summed E-state index contributed by atoms with van der Waals surface area (Å²) in [5.74, 6) is 1.22. The normalized spacial score (nSPS) is 11.1. The Morgan fingerprint density at radius 2 is 2.11 bits per heavy atom. The smallest absolute Gasteiger partial charge is 0.123 e. The highest BCUT2D eigenvalue weighted by Crippen LogP contribution is 2.31. The monoisotopic (exact) mass is 259 g/mol. The van der Waals surface area contributed by atoms with Gasteiger partial charge in [-0.15, -0.1) is 0 Å². The number of nitrogens with zero attached hydrogens (tertiary/aromatic N) is 2. The predicted octanol–water partition coefficient (Wildman–Crippen LogP) is 2.68. The number of hydrogen-bond donors (Lipinski definition) is 1. The molecule has 2 aromatic rings. The van der Waals surface area contributed by atoms with Crippen LogP contribution in [0.15, 0.2) is 24.4 Å². The Bertz CT molecular complexity index is 573. The number of hydrogen-bond acceptors (Lipinski definition) is 3. The molecule has 4 heteroatoms. The van der Waals surface area contributed by atoms with E-state index in [1.165, 1.54) is 0 Å². The standard InChI is InChI=1S/C15H21N3O/c1-10(2)15-13(9-18(3)17-15)11-5-6-14(19-4)12(7-11)8-16/h5-7,9-10H,8,16H2,1-4H3. The summed E-state index contributed by atoms with van der Waals surface area (Å²) in [5.41, 5.74) is 10.2. The maximum atomic E-state index is 5.78. The van der Waals surface area contributed by atoms with Crippen LogP contribution in [0.5, 0.6) is 5.75 Å². The molecule has 0 atom stereocenters. The van der Waals surface area contributed by atoms with Gasteiger partial charge in [0, 0.05) is 30.9 Å². The fraction of sp³-hybridized carbons (Fsp3) is 0.400. The molecule has 2 N–H and O–H groups in total. The molecule has 0 aliphatic heterocycles. The lowest BCUT2D eigenvalue weighted by Crippen LogP contribution is -2.00. The molecule has 0 saturated heterocycles. The van der Waals surface area contributed by atoms with Gasteiger partial charge >= 0.3 is 0 Å². The fourth-order valence-corrected chi connectivity index (χ4v) is 2.26. The zero-order valence-electron chi connectivity index (χ0n) is 12.0. The highest BCUT2D eigenvalue weighted by molar-refractivity contribution is 5.68. The van der Waals surface area contributed by atoms with Crippen molar-refractivity contribution in [2.45, 2.75) is 26.3 Å². The minimum absolute atomic E-state index is 0.389. The molecule has 4 nitrogen and oxygen atoms in total. The van der Waals surface area contributed by atoms with Crippen molar-refractivity contribution >= 4 is 0 Å². The van der Waals surface area contributed by atoms with Gasteiger partial charge in [0.05, 0.1) is 12.8 Å². The molecule has 0 spiro atoms. The second-order valence-electron chi connectivity index (χ2n) is 4.99. The topological polar surface area (TPSA) is 53.1 Å². The first kappa shape index (κ1) is 13.6. The Balaban J connectivity index is 2.53. The molecule has 102 valence electrons. The van der Waals surface area contributed by atoms with Crippen LogP contribution in [0.2, 0.25) is 0 Å². The van der Waals surface area contributed by atoms with E-state index in [1.54, 1.807) is 7.11 Å². The minimum Gasteiger partial charge on any atom is -0.496 e. The molecule has 0 radical (unpaired) electrons. The lowest BCUT2D eigenvalue weighted by molar-refractivity contribution is 0.410. The quantitative estimate of drug-likeness (QED) is 0.918. The molecular formula is C15H21N3O. The fourth-order valence-electron chi connectivity index (χ4n) is 2.26. The molecule has 0 bridgehead atoms. The van der Waals surface area contributed by atoms with Gasteiger partial charge in [-0.2, -0.15) is 5.10 Å². The van der Waals surface area contributed by atoms with Gasteiger partial charge in [0.2, 0.25) is 0 Å². The van der Waals surface area contributed by atoms with Crippen LogP contribution in [0, 0.1) is 0 Å². The van der Waals surface area contributed by atoms with E-state index in [4.69, 9.17) is 10.5 Å². The van der Waals surface area contributed by atoms with Crippen molar-refractivity contribution in [2.75, 3.05) is 7.11 Å². The first-order valence-electron chi connectivity index (χ1n) is 6.47. The van der Waals surface area contributed by atoms with E-state index in [0.29, 0.717) is 12.5 Å². The Labute approximate surface area is 114 Å². The molecular weight excluding hydrogens is 238 g/mol. The third-order valence-corrected chi connectivity index (χ3v) is 3.22. The van der Waals surface area contributed by atoms with Crippen LogP contribution in [0.3, 0.4) is 0 Å². The molecule has 2 rings (SSSR count). The van der Waals surface area contributed by atoms with E-state index >= 15 is 0 Å².